The highest BCUT2D eigenvalue weighted by Crippen LogP contribution is 2.18. The van der Waals surface area contributed by atoms with E-state index >= 15 is 0 Å². The summed E-state index contributed by atoms with van der Waals surface area (Å²) in [6.07, 6.45) is 2.64. The molecule has 2 nitrogen and oxygen atoms in total. The average molecular weight is 212 g/mol. The second-order valence-electron chi connectivity index (χ2n) is 6.15. The number of nitrogens with zero attached hydrogens (tertiary/aromatic N) is 1. The lowest BCUT2D eigenvalue weighted by Gasteiger charge is -2.35. The quantitative estimate of drug-likeness (QED) is 0.772. The minimum Gasteiger partial charge on any atom is -0.316 e. The highest BCUT2D eigenvalue weighted by Gasteiger charge is 2.22. The monoisotopic (exact) mass is 212 g/mol. The van der Waals surface area contributed by atoms with E-state index in [2.05, 4.69) is 37.9 Å². The van der Waals surface area contributed by atoms with Crippen LogP contribution in [-0.4, -0.2) is 37.6 Å². The summed E-state index contributed by atoms with van der Waals surface area (Å²) in [5.74, 6) is 0.830. The van der Waals surface area contributed by atoms with Gasteiger partial charge in [-0.15, -0.1) is 0 Å². The van der Waals surface area contributed by atoms with E-state index in [1.807, 2.05) is 0 Å². The van der Waals surface area contributed by atoms with Crippen molar-refractivity contribution < 1.29 is 0 Å². The Morgan fingerprint density at radius 1 is 1.33 bits per heavy atom. The normalized spacial score (nSPS) is 23.8. The molecule has 1 fully saturated rings. The number of hydrogen-bond donors (Lipinski definition) is 1. The summed E-state index contributed by atoms with van der Waals surface area (Å²) >= 11 is 0. The van der Waals surface area contributed by atoms with E-state index in [-0.39, 0.29) is 0 Å². The molecule has 0 aromatic carbocycles. The fourth-order valence-corrected chi connectivity index (χ4v) is 2.23. The molecule has 0 saturated carbocycles. The van der Waals surface area contributed by atoms with Crippen molar-refractivity contribution >= 4 is 0 Å². The predicted molar refractivity (Wildman–Crippen MR) is 67.2 cm³/mol. The summed E-state index contributed by atoms with van der Waals surface area (Å²) in [7, 11) is 0. The molecule has 90 valence electrons. The van der Waals surface area contributed by atoms with Crippen LogP contribution >= 0.6 is 0 Å². The number of hydrogen-bond acceptors (Lipinski definition) is 2. The molecular formula is C13H28N2. The highest BCUT2D eigenvalue weighted by atomic mass is 15.1. The summed E-state index contributed by atoms with van der Waals surface area (Å²) in [5.41, 5.74) is 0.428. The molecule has 1 aliphatic rings. The Labute approximate surface area is 95.4 Å². The lowest BCUT2D eigenvalue weighted by molar-refractivity contribution is 0.151. The molecular weight excluding hydrogens is 184 g/mol. The van der Waals surface area contributed by atoms with E-state index in [0.29, 0.717) is 5.41 Å². The Hall–Kier alpha value is -0.0800. The Balaban J connectivity index is 2.39. The van der Waals surface area contributed by atoms with E-state index in [4.69, 9.17) is 0 Å². The molecule has 1 rings (SSSR count). The van der Waals surface area contributed by atoms with Crippen molar-refractivity contribution in [2.75, 3.05) is 32.7 Å². The summed E-state index contributed by atoms with van der Waals surface area (Å²) in [5, 5.41) is 3.54. The van der Waals surface area contributed by atoms with Gasteiger partial charge < -0.3 is 10.2 Å². The third-order valence-electron chi connectivity index (χ3n) is 3.11. The summed E-state index contributed by atoms with van der Waals surface area (Å²) < 4.78 is 0. The fourth-order valence-electron chi connectivity index (χ4n) is 2.23. The maximum atomic E-state index is 3.54. The summed E-state index contributed by atoms with van der Waals surface area (Å²) in [6, 6.07) is 0. The third kappa shape index (κ3) is 5.53. The topological polar surface area (TPSA) is 15.3 Å². The van der Waals surface area contributed by atoms with Crippen molar-refractivity contribution in [3.05, 3.63) is 0 Å². The molecule has 0 spiro atoms. The molecule has 0 amide bonds. The van der Waals surface area contributed by atoms with Crippen molar-refractivity contribution in [1.29, 1.82) is 0 Å². The summed E-state index contributed by atoms with van der Waals surface area (Å²) in [6.45, 7) is 15.5. The molecule has 1 heterocycles. The molecule has 2 heteroatoms. The highest BCUT2D eigenvalue weighted by molar-refractivity contribution is 4.79. The van der Waals surface area contributed by atoms with Gasteiger partial charge >= 0.3 is 0 Å². The van der Waals surface area contributed by atoms with E-state index in [1.54, 1.807) is 0 Å². The van der Waals surface area contributed by atoms with E-state index in [0.717, 1.165) is 12.5 Å². The van der Waals surface area contributed by atoms with Gasteiger partial charge in [-0.05, 0) is 43.8 Å². The van der Waals surface area contributed by atoms with Gasteiger partial charge in [0, 0.05) is 13.1 Å². The molecule has 0 atom stereocenters. The van der Waals surface area contributed by atoms with Gasteiger partial charge in [0.1, 0.15) is 0 Å². The molecule has 15 heavy (non-hydrogen) atoms. The predicted octanol–water partition coefficient (Wildman–Crippen LogP) is 2.35. The second kappa shape index (κ2) is 5.86. The first-order chi connectivity index (χ1) is 6.99. The van der Waals surface area contributed by atoms with Crippen LogP contribution < -0.4 is 5.32 Å². The van der Waals surface area contributed by atoms with Crippen molar-refractivity contribution in [2.24, 2.45) is 11.3 Å². The smallest absolute Gasteiger partial charge is 0.00448 e. The largest absolute Gasteiger partial charge is 0.316 e. The molecule has 0 aliphatic carbocycles. The summed E-state index contributed by atoms with van der Waals surface area (Å²) in [4.78, 5) is 2.65. The zero-order valence-electron chi connectivity index (χ0n) is 11.0. The van der Waals surface area contributed by atoms with Crippen LogP contribution in [0.1, 0.15) is 40.5 Å². The lowest BCUT2D eigenvalue weighted by Crippen LogP contribution is -2.44. The van der Waals surface area contributed by atoms with Crippen LogP contribution in [0.25, 0.3) is 0 Å². The van der Waals surface area contributed by atoms with Crippen LogP contribution in [0.2, 0.25) is 0 Å². The van der Waals surface area contributed by atoms with Gasteiger partial charge in [-0.1, -0.05) is 27.7 Å². The average Bonchev–Trinajstić information content (AvgIpc) is 2.09. The van der Waals surface area contributed by atoms with Crippen LogP contribution in [0.3, 0.4) is 0 Å². The van der Waals surface area contributed by atoms with E-state index in [1.165, 1.54) is 39.0 Å². The lowest BCUT2D eigenvalue weighted by atomic mass is 9.91. The van der Waals surface area contributed by atoms with Gasteiger partial charge in [-0.25, -0.2) is 0 Å². The number of nitrogens with one attached hydrogen (secondary N) is 1. The van der Waals surface area contributed by atoms with E-state index in [9.17, 15) is 0 Å². The van der Waals surface area contributed by atoms with Crippen LogP contribution in [0.4, 0.5) is 0 Å². The zero-order valence-corrected chi connectivity index (χ0v) is 11.0. The van der Waals surface area contributed by atoms with Crippen LogP contribution in [0.15, 0.2) is 0 Å². The molecule has 1 saturated heterocycles. The van der Waals surface area contributed by atoms with E-state index < -0.39 is 0 Å². The Morgan fingerprint density at radius 2 is 2.07 bits per heavy atom. The first-order valence-corrected chi connectivity index (χ1v) is 6.43. The molecule has 0 bridgehead atoms. The van der Waals surface area contributed by atoms with Gasteiger partial charge in [-0.3, -0.25) is 0 Å². The molecule has 0 aromatic rings. The zero-order chi connectivity index (χ0) is 11.3. The van der Waals surface area contributed by atoms with Gasteiger partial charge in [0.25, 0.3) is 0 Å². The van der Waals surface area contributed by atoms with Crippen molar-refractivity contribution in [3.8, 4) is 0 Å². The molecule has 0 aromatic heterocycles. The third-order valence-corrected chi connectivity index (χ3v) is 3.11. The van der Waals surface area contributed by atoms with Crippen LogP contribution in [0, 0.1) is 11.3 Å². The molecule has 0 unspecified atom stereocenters. The Morgan fingerprint density at radius 3 is 2.73 bits per heavy atom. The first kappa shape index (κ1) is 13.0. The van der Waals surface area contributed by atoms with Gasteiger partial charge in [0.05, 0.1) is 0 Å². The Bertz CT molecular complexity index is 175. The molecule has 1 N–H and O–H groups in total. The minimum absolute atomic E-state index is 0.428. The van der Waals surface area contributed by atoms with Crippen molar-refractivity contribution in [3.63, 3.8) is 0 Å². The minimum atomic E-state index is 0.428. The van der Waals surface area contributed by atoms with Gasteiger partial charge in [-0.2, -0.15) is 0 Å². The maximum absolute atomic E-state index is 3.54. The molecule has 1 aliphatic heterocycles. The van der Waals surface area contributed by atoms with Crippen molar-refractivity contribution in [2.45, 2.75) is 40.5 Å². The fraction of sp³-hybridized carbons (Fsp3) is 1.00. The second-order valence-corrected chi connectivity index (χ2v) is 6.15. The standard InChI is InChI=1S/C13H28N2/c1-12(2)6-9-15-8-5-7-14-10-13(3,4)11-15/h12,14H,5-11H2,1-4H3. The van der Waals surface area contributed by atoms with Crippen LogP contribution in [0.5, 0.6) is 0 Å². The number of rotatable bonds is 3. The SMILES string of the molecule is CC(C)CCN1CCCNCC(C)(C)C1. The Kier molecular flexibility index (Phi) is 5.07. The van der Waals surface area contributed by atoms with Crippen LogP contribution in [-0.2, 0) is 0 Å². The van der Waals surface area contributed by atoms with Gasteiger partial charge in [0.2, 0.25) is 0 Å². The van der Waals surface area contributed by atoms with Gasteiger partial charge in [0.15, 0.2) is 0 Å². The molecule has 0 radical (unpaired) electrons. The van der Waals surface area contributed by atoms with Crippen molar-refractivity contribution in [1.82, 2.24) is 10.2 Å². The first-order valence-electron chi connectivity index (χ1n) is 6.43. The maximum Gasteiger partial charge on any atom is 0.00448 e.